The number of rotatable bonds is 18. The molecule has 0 heterocycles. The van der Waals surface area contributed by atoms with E-state index in [-0.39, 0.29) is 5.91 Å². The van der Waals surface area contributed by atoms with Gasteiger partial charge in [-0.3, -0.25) is 4.79 Å². The molecule has 0 aromatic carbocycles. The second kappa shape index (κ2) is 16.4. The minimum absolute atomic E-state index is 0.304. The molecule has 0 aliphatic carbocycles. The molecule has 2 N–H and O–H groups in total. The minimum atomic E-state index is -2.37. The van der Waals surface area contributed by atoms with E-state index in [1.807, 2.05) is 0 Å². The highest BCUT2D eigenvalue weighted by atomic mass is 32.9. The maximum Gasteiger partial charge on any atom is 0.247 e. The van der Waals surface area contributed by atoms with Crippen molar-refractivity contribution in [3.05, 3.63) is 0 Å². The molecule has 1 amide bonds. The first-order valence-electron chi connectivity index (χ1n) is 10.1. The first kappa shape index (κ1) is 26.4. The molecule has 0 spiro atoms. The van der Waals surface area contributed by atoms with Gasteiger partial charge in [0.1, 0.15) is 0 Å². The number of carbonyl (C=O) groups excluding carboxylic acids is 1. The summed E-state index contributed by atoms with van der Waals surface area (Å²) < 4.78 is 12.0. The van der Waals surface area contributed by atoms with E-state index in [0.29, 0.717) is 25.4 Å². The first-order valence-corrected chi connectivity index (χ1v) is 14.3. The van der Waals surface area contributed by atoms with E-state index in [4.69, 9.17) is 26.6 Å². The lowest BCUT2D eigenvalue weighted by atomic mass is 10.1. The van der Waals surface area contributed by atoms with Crippen LogP contribution in [0.3, 0.4) is 0 Å². The van der Waals surface area contributed by atoms with E-state index in [9.17, 15) is 4.79 Å². The Morgan fingerprint density at radius 1 is 0.923 bits per heavy atom. The summed E-state index contributed by atoms with van der Waals surface area (Å²) in [4.78, 5) is 11.0. The average molecular weight is 426 g/mol. The lowest BCUT2D eigenvalue weighted by molar-refractivity contribution is -0.117. The van der Waals surface area contributed by atoms with Gasteiger partial charge >= 0.3 is 0 Å². The van der Waals surface area contributed by atoms with E-state index in [1.165, 1.54) is 37.1 Å². The predicted octanol–water partition coefficient (Wildman–Crippen LogP) is 6.29. The fourth-order valence-corrected chi connectivity index (χ4v) is 6.79. The molecule has 0 saturated heterocycles. The second-order valence-corrected chi connectivity index (χ2v) is 14.1. The van der Waals surface area contributed by atoms with Crippen LogP contribution in [0.4, 0.5) is 0 Å². The van der Waals surface area contributed by atoms with Crippen LogP contribution in [0.15, 0.2) is 0 Å². The largest absolute Gasteiger partial charge is 0.370 e. The first-order chi connectivity index (χ1) is 12.2. The van der Waals surface area contributed by atoms with Gasteiger partial charge in [-0.25, -0.2) is 0 Å². The smallest absolute Gasteiger partial charge is 0.247 e. The standard InChI is InChI=1S/C19H40NO3PS2/c1-17(2)11-7-5-9-14-22-24(25,26-16-13-19(20)21)23-15-10-6-8-12-18(3)4/h17-18H,5-16H2,1-4H3,(H2,20,21). The number of carbonyl (C=O) groups is 1. The lowest BCUT2D eigenvalue weighted by Gasteiger charge is -2.21. The van der Waals surface area contributed by atoms with Crippen molar-refractivity contribution in [2.75, 3.05) is 19.0 Å². The summed E-state index contributed by atoms with van der Waals surface area (Å²) >= 11 is 7.14. The zero-order valence-electron chi connectivity index (χ0n) is 17.2. The highest BCUT2D eigenvalue weighted by Crippen LogP contribution is 2.61. The molecule has 0 aromatic rings. The molecule has 0 atom stereocenters. The fraction of sp³-hybridized carbons (Fsp3) is 0.947. The molecule has 26 heavy (non-hydrogen) atoms. The summed E-state index contributed by atoms with van der Waals surface area (Å²) in [6.07, 6.45) is 9.65. The summed E-state index contributed by atoms with van der Waals surface area (Å²) in [7, 11) is 0. The van der Waals surface area contributed by atoms with E-state index >= 15 is 0 Å². The van der Waals surface area contributed by atoms with Crippen LogP contribution < -0.4 is 5.73 Å². The Morgan fingerprint density at radius 3 is 1.77 bits per heavy atom. The van der Waals surface area contributed by atoms with Gasteiger partial charge in [-0.1, -0.05) is 77.6 Å². The van der Waals surface area contributed by atoms with Crippen LogP contribution >= 0.6 is 17.1 Å². The van der Waals surface area contributed by atoms with Crippen LogP contribution in [-0.2, 0) is 25.6 Å². The molecule has 0 unspecified atom stereocenters. The molecule has 0 bridgehead atoms. The Labute approximate surface area is 170 Å². The molecule has 0 aliphatic heterocycles. The monoisotopic (exact) mass is 425 g/mol. The van der Waals surface area contributed by atoms with Gasteiger partial charge in [0.25, 0.3) is 0 Å². The maximum atomic E-state index is 11.0. The van der Waals surface area contributed by atoms with Gasteiger partial charge in [0.2, 0.25) is 11.6 Å². The molecule has 0 saturated carbocycles. The molecular weight excluding hydrogens is 385 g/mol. The summed E-state index contributed by atoms with van der Waals surface area (Å²) in [6.45, 7) is 10.3. The summed E-state index contributed by atoms with van der Waals surface area (Å²) in [5.41, 5.74) is 2.86. The van der Waals surface area contributed by atoms with Gasteiger partial charge in [-0.2, -0.15) is 0 Å². The van der Waals surface area contributed by atoms with Crippen LogP contribution in [0.5, 0.6) is 0 Å². The number of primary amides is 1. The van der Waals surface area contributed by atoms with Crippen molar-refractivity contribution in [3.8, 4) is 0 Å². The number of hydrogen-bond acceptors (Lipinski definition) is 5. The number of amides is 1. The Morgan fingerprint density at radius 2 is 1.38 bits per heavy atom. The maximum absolute atomic E-state index is 11.0. The van der Waals surface area contributed by atoms with Gasteiger partial charge < -0.3 is 14.8 Å². The van der Waals surface area contributed by atoms with Crippen LogP contribution in [0.2, 0.25) is 0 Å². The van der Waals surface area contributed by atoms with E-state index in [2.05, 4.69) is 27.7 Å². The van der Waals surface area contributed by atoms with Crippen LogP contribution in [0.1, 0.15) is 85.5 Å². The zero-order chi connectivity index (χ0) is 19.8. The van der Waals surface area contributed by atoms with E-state index < -0.39 is 5.69 Å². The predicted molar refractivity (Wildman–Crippen MR) is 119 cm³/mol. The molecule has 0 aromatic heterocycles. The molecule has 7 heteroatoms. The van der Waals surface area contributed by atoms with E-state index in [0.717, 1.165) is 37.5 Å². The van der Waals surface area contributed by atoms with Gasteiger partial charge in [-0.05, 0) is 36.5 Å². The van der Waals surface area contributed by atoms with Crippen molar-refractivity contribution in [2.24, 2.45) is 17.6 Å². The van der Waals surface area contributed by atoms with Crippen molar-refractivity contribution >= 4 is 34.8 Å². The van der Waals surface area contributed by atoms with E-state index in [1.54, 1.807) is 0 Å². The number of hydrogen-bond donors (Lipinski definition) is 1. The Balaban J connectivity index is 4.12. The Bertz CT molecular complexity index is 382. The van der Waals surface area contributed by atoms with Crippen molar-refractivity contribution in [1.82, 2.24) is 0 Å². The third-order valence-electron chi connectivity index (χ3n) is 3.95. The average Bonchev–Trinajstić information content (AvgIpc) is 2.53. The minimum Gasteiger partial charge on any atom is -0.370 e. The summed E-state index contributed by atoms with van der Waals surface area (Å²) in [5, 5.41) is 0. The fourth-order valence-electron chi connectivity index (χ4n) is 2.39. The van der Waals surface area contributed by atoms with Crippen molar-refractivity contribution in [3.63, 3.8) is 0 Å². The van der Waals surface area contributed by atoms with Crippen LogP contribution in [-0.4, -0.2) is 24.9 Å². The molecule has 0 fully saturated rings. The van der Waals surface area contributed by atoms with Crippen molar-refractivity contribution in [1.29, 1.82) is 0 Å². The molecule has 0 aliphatic rings. The second-order valence-electron chi connectivity index (χ2n) is 7.65. The molecule has 156 valence electrons. The number of unbranched alkanes of at least 4 members (excludes halogenated alkanes) is 4. The normalized spacial score (nSPS) is 12.2. The molecular formula is C19H40NO3PS2. The quantitative estimate of drug-likeness (QED) is 0.207. The Hall–Kier alpha value is 0.390. The SMILES string of the molecule is CC(C)CCCCCOP(=S)(OCCCCCC(C)C)SCCC(N)=O. The van der Waals surface area contributed by atoms with Crippen molar-refractivity contribution in [2.45, 2.75) is 85.5 Å². The summed E-state index contributed by atoms with van der Waals surface area (Å²) in [6, 6.07) is 0. The van der Waals surface area contributed by atoms with Crippen LogP contribution in [0, 0.1) is 11.8 Å². The highest BCUT2D eigenvalue weighted by Gasteiger charge is 2.20. The molecule has 4 nitrogen and oxygen atoms in total. The molecule has 0 radical (unpaired) electrons. The van der Waals surface area contributed by atoms with Gasteiger partial charge in [-0.15, -0.1) is 0 Å². The lowest BCUT2D eigenvalue weighted by Crippen LogP contribution is -2.11. The molecule has 0 rings (SSSR count). The van der Waals surface area contributed by atoms with Crippen molar-refractivity contribution < 1.29 is 13.8 Å². The zero-order valence-corrected chi connectivity index (χ0v) is 19.7. The van der Waals surface area contributed by atoms with Gasteiger partial charge in [0, 0.05) is 12.2 Å². The Kier molecular flexibility index (Phi) is 16.6. The van der Waals surface area contributed by atoms with Crippen LogP contribution in [0.25, 0.3) is 0 Å². The number of nitrogens with two attached hydrogens (primary N) is 1. The third kappa shape index (κ3) is 17.8. The van der Waals surface area contributed by atoms with Gasteiger partial charge in [0.05, 0.1) is 13.2 Å². The topological polar surface area (TPSA) is 61.6 Å². The highest BCUT2D eigenvalue weighted by molar-refractivity contribution is 8.67. The third-order valence-corrected chi connectivity index (χ3v) is 9.36. The summed E-state index contributed by atoms with van der Waals surface area (Å²) in [5.74, 6) is 1.78. The van der Waals surface area contributed by atoms with Gasteiger partial charge in [0.15, 0.2) is 0 Å².